The lowest BCUT2D eigenvalue weighted by atomic mass is 9.82. The van der Waals surface area contributed by atoms with Gasteiger partial charge in [-0.25, -0.2) is 8.78 Å². The molecular formula is C14H18F2N2O. The van der Waals surface area contributed by atoms with Crippen molar-refractivity contribution in [1.82, 2.24) is 5.32 Å². The molecule has 1 aliphatic rings. The topological polar surface area (TPSA) is 55.1 Å². The molecule has 0 saturated heterocycles. The fraction of sp³-hybridized carbons (Fsp3) is 0.500. The number of nitrogens with two attached hydrogens (primary N) is 1. The molecule has 1 saturated carbocycles. The molecule has 0 unspecified atom stereocenters. The molecule has 0 aromatic heterocycles. The van der Waals surface area contributed by atoms with Crippen LogP contribution in [0.1, 0.15) is 37.7 Å². The van der Waals surface area contributed by atoms with E-state index in [2.05, 4.69) is 5.32 Å². The van der Waals surface area contributed by atoms with Crippen LogP contribution in [-0.2, 0) is 11.3 Å². The third kappa shape index (κ3) is 3.29. The molecule has 1 amide bonds. The fourth-order valence-corrected chi connectivity index (χ4v) is 2.42. The molecule has 0 radical (unpaired) electrons. The zero-order valence-electron chi connectivity index (χ0n) is 10.7. The van der Waals surface area contributed by atoms with Crippen LogP contribution in [0.15, 0.2) is 18.2 Å². The molecule has 1 aromatic rings. The second-order valence-electron chi connectivity index (χ2n) is 5.15. The monoisotopic (exact) mass is 268 g/mol. The van der Waals surface area contributed by atoms with E-state index in [1.807, 2.05) is 0 Å². The van der Waals surface area contributed by atoms with E-state index in [0.29, 0.717) is 18.4 Å². The number of carbonyl (C=O) groups excluding carboxylic acids is 1. The van der Waals surface area contributed by atoms with Crippen LogP contribution in [0, 0.1) is 11.6 Å². The highest BCUT2D eigenvalue weighted by atomic mass is 19.2. The Kier molecular flexibility index (Phi) is 4.14. The van der Waals surface area contributed by atoms with E-state index in [1.165, 1.54) is 6.07 Å². The van der Waals surface area contributed by atoms with Crippen LogP contribution in [-0.4, -0.2) is 11.4 Å². The summed E-state index contributed by atoms with van der Waals surface area (Å²) < 4.78 is 25.8. The first-order chi connectivity index (χ1) is 9.01. The Hall–Kier alpha value is -1.49. The first-order valence-corrected chi connectivity index (χ1v) is 6.52. The molecule has 0 aliphatic heterocycles. The Balaban J connectivity index is 1.94. The number of halogens is 2. The Morgan fingerprint density at radius 1 is 1.21 bits per heavy atom. The molecule has 1 aromatic carbocycles. The van der Waals surface area contributed by atoms with Crippen molar-refractivity contribution in [2.24, 2.45) is 5.73 Å². The Morgan fingerprint density at radius 3 is 2.53 bits per heavy atom. The first-order valence-electron chi connectivity index (χ1n) is 6.52. The molecule has 0 bridgehead atoms. The smallest absolute Gasteiger partial charge is 0.240 e. The molecule has 5 heteroatoms. The maximum Gasteiger partial charge on any atom is 0.240 e. The van der Waals surface area contributed by atoms with Gasteiger partial charge in [0.05, 0.1) is 5.54 Å². The van der Waals surface area contributed by atoms with Crippen molar-refractivity contribution < 1.29 is 13.6 Å². The van der Waals surface area contributed by atoms with Gasteiger partial charge in [0.15, 0.2) is 11.6 Å². The van der Waals surface area contributed by atoms with E-state index in [1.54, 1.807) is 0 Å². The van der Waals surface area contributed by atoms with Crippen LogP contribution >= 0.6 is 0 Å². The predicted molar refractivity (Wildman–Crippen MR) is 68.2 cm³/mol. The van der Waals surface area contributed by atoms with Crippen molar-refractivity contribution in [2.45, 2.75) is 44.2 Å². The van der Waals surface area contributed by atoms with E-state index < -0.39 is 17.2 Å². The molecule has 0 atom stereocenters. The molecule has 0 heterocycles. The summed E-state index contributed by atoms with van der Waals surface area (Å²) in [5.74, 6) is -2.01. The lowest BCUT2D eigenvalue weighted by Crippen LogP contribution is -2.54. The summed E-state index contributed by atoms with van der Waals surface area (Å²) in [6.07, 6.45) is 4.37. The molecule has 3 nitrogen and oxygen atoms in total. The van der Waals surface area contributed by atoms with Crippen LogP contribution in [0.4, 0.5) is 8.78 Å². The van der Waals surface area contributed by atoms with Crippen molar-refractivity contribution in [2.75, 3.05) is 0 Å². The van der Waals surface area contributed by atoms with Crippen molar-refractivity contribution in [3.63, 3.8) is 0 Å². The maximum atomic E-state index is 13.0. The van der Waals surface area contributed by atoms with E-state index >= 15 is 0 Å². The van der Waals surface area contributed by atoms with Crippen LogP contribution < -0.4 is 11.1 Å². The van der Waals surface area contributed by atoms with Crippen molar-refractivity contribution in [3.8, 4) is 0 Å². The minimum atomic E-state index is -0.910. The molecule has 0 spiro atoms. The highest BCUT2D eigenvalue weighted by molar-refractivity contribution is 5.86. The molecule has 104 valence electrons. The third-order valence-electron chi connectivity index (χ3n) is 3.64. The molecular weight excluding hydrogens is 250 g/mol. The van der Waals surface area contributed by atoms with Gasteiger partial charge in [0.25, 0.3) is 0 Å². The molecule has 3 N–H and O–H groups in total. The number of benzene rings is 1. The quantitative estimate of drug-likeness (QED) is 0.883. The summed E-state index contributed by atoms with van der Waals surface area (Å²) >= 11 is 0. The average Bonchev–Trinajstić information content (AvgIpc) is 2.40. The van der Waals surface area contributed by atoms with E-state index in [9.17, 15) is 13.6 Å². The lowest BCUT2D eigenvalue weighted by Gasteiger charge is -2.31. The lowest BCUT2D eigenvalue weighted by molar-refractivity contribution is -0.127. The summed E-state index contributed by atoms with van der Waals surface area (Å²) in [4.78, 5) is 12.0. The van der Waals surface area contributed by atoms with Gasteiger partial charge >= 0.3 is 0 Å². The second-order valence-corrected chi connectivity index (χ2v) is 5.15. The van der Waals surface area contributed by atoms with Gasteiger partial charge in [-0.05, 0) is 30.5 Å². The largest absolute Gasteiger partial charge is 0.350 e. The van der Waals surface area contributed by atoms with Gasteiger partial charge in [-0.2, -0.15) is 0 Å². The first kappa shape index (κ1) is 13.9. The predicted octanol–water partition coefficient (Wildman–Crippen LogP) is 2.24. The van der Waals surface area contributed by atoms with Crippen LogP contribution in [0.3, 0.4) is 0 Å². The van der Waals surface area contributed by atoms with E-state index in [-0.39, 0.29) is 12.5 Å². The van der Waals surface area contributed by atoms with Gasteiger partial charge in [-0.15, -0.1) is 0 Å². The van der Waals surface area contributed by atoms with Crippen molar-refractivity contribution in [1.29, 1.82) is 0 Å². The summed E-state index contributed by atoms with van der Waals surface area (Å²) in [7, 11) is 0. The van der Waals surface area contributed by atoms with Gasteiger partial charge in [-0.3, -0.25) is 4.79 Å². The van der Waals surface area contributed by atoms with Crippen LogP contribution in [0.25, 0.3) is 0 Å². The molecule has 1 fully saturated rings. The SMILES string of the molecule is NC1(C(=O)NCc2ccc(F)c(F)c2)CCCCC1. The third-order valence-corrected chi connectivity index (χ3v) is 3.64. The summed E-state index contributed by atoms with van der Waals surface area (Å²) in [5, 5.41) is 2.70. The molecule has 19 heavy (non-hydrogen) atoms. The zero-order valence-corrected chi connectivity index (χ0v) is 10.7. The minimum absolute atomic E-state index is 0.162. The van der Waals surface area contributed by atoms with Gasteiger partial charge < -0.3 is 11.1 Å². The second kappa shape index (κ2) is 5.65. The standard InChI is InChI=1S/C14H18F2N2O/c15-11-5-4-10(8-12(11)16)9-18-13(19)14(17)6-2-1-3-7-14/h4-5,8H,1-3,6-7,9,17H2,(H,18,19). The van der Waals surface area contributed by atoms with Crippen LogP contribution in [0.5, 0.6) is 0 Å². The summed E-state index contributed by atoms with van der Waals surface area (Å²) in [6, 6.07) is 3.58. The molecule has 2 rings (SSSR count). The number of carbonyl (C=O) groups is 1. The molecule has 1 aliphatic carbocycles. The number of hydrogen-bond donors (Lipinski definition) is 2. The maximum absolute atomic E-state index is 13.0. The van der Waals surface area contributed by atoms with Gasteiger partial charge in [0.2, 0.25) is 5.91 Å². The average molecular weight is 268 g/mol. The number of amides is 1. The van der Waals surface area contributed by atoms with Crippen LogP contribution in [0.2, 0.25) is 0 Å². The minimum Gasteiger partial charge on any atom is -0.350 e. The Labute approximate surface area is 111 Å². The summed E-state index contributed by atoms with van der Waals surface area (Å²) in [5.41, 5.74) is 5.79. The highest BCUT2D eigenvalue weighted by Gasteiger charge is 2.34. The highest BCUT2D eigenvalue weighted by Crippen LogP contribution is 2.26. The number of hydrogen-bond acceptors (Lipinski definition) is 2. The van der Waals surface area contributed by atoms with Gasteiger partial charge in [0, 0.05) is 6.54 Å². The number of rotatable bonds is 3. The Bertz CT molecular complexity index is 471. The van der Waals surface area contributed by atoms with Gasteiger partial charge in [-0.1, -0.05) is 25.3 Å². The summed E-state index contributed by atoms with van der Waals surface area (Å²) in [6.45, 7) is 0.162. The Morgan fingerprint density at radius 2 is 1.89 bits per heavy atom. The van der Waals surface area contributed by atoms with Gasteiger partial charge in [0.1, 0.15) is 0 Å². The van der Waals surface area contributed by atoms with Crippen molar-refractivity contribution >= 4 is 5.91 Å². The fourth-order valence-electron chi connectivity index (χ4n) is 2.42. The van der Waals surface area contributed by atoms with E-state index in [0.717, 1.165) is 31.4 Å². The number of nitrogens with one attached hydrogen (secondary N) is 1. The zero-order chi connectivity index (χ0) is 13.9. The van der Waals surface area contributed by atoms with Crippen molar-refractivity contribution in [3.05, 3.63) is 35.4 Å². The van der Waals surface area contributed by atoms with E-state index in [4.69, 9.17) is 5.73 Å². The normalized spacial score (nSPS) is 18.1.